The molecule has 238 valence electrons. The van der Waals surface area contributed by atoms with Gasteiger partial charge in [0.1, 0.15) is 24.7 Å². The lowest BCUT2D eigenvalue weighted by Gasteiger charge is -2.28. The minimum absolute atomic E-state index is 0.0301. The molecule has 0 saturated carbocycles. The summed E-state index contributed by atoms with van der Waals surface area (Å²) in [5.74, 6) is -0.0113. The summed E-state index contributed by atoms with van der Waals surface area (Å²) >= 11 is 0. The number of nitrogens with zero attached hydrogens (tertiary/aromatic N) is 2. The average Bonchev–Trinajstić information content (AvgIpc) is 3.36. The standard InChI is InChI=1S/C38H40N2O6/c1-4-39(5-2)22-23-40-35(30-18-21-32(33(24-30)44-3)46-26-28-14-10-7-11-15-28)34(37(42)38(40)43)36(41)29-16-19-31(20-17-29)45-25-27-12-8-6-9-13-27/h6-21,24,35,41H,4-5,22-23,25-26H2,1-3H3. The zero-order chi connectivity index (χ0) is 32.5. The lowest BCUT2D eigenvalue weighted by molar-refractivity contribution is -0.140. The third kappa shape index (κ3) is 7.41. The number of likely N-dealkylation sites (tertiary alicyclic amines) is 1. The Morgan fingerprint density at radius 3 is 1.98 bits per heavy atom. The molecule has 0 radical (unpaired) electrons. The number of carbonyl (C=O) groups excluding carboxylic acids is 2. The van der Waals surface area contributed by atoms with E-state index in [-0.39, 0.29) is 11.3 Å². The molecule has 4 aromatic rings. The van der Waals surface area contributed by atoms with Crippen LogP contribution in [0, 0.1) is 0 Å². The van der Waals surface area contributed by atoms with Crippen molar-refractivity contribution in [2.45, 2.75) is 33.1 Å². The Labute approximate surface area is 270 Å². The van der Waals surface area contributed by atoms with Crippen molar-refractivity contribution in [2.24, 2.45) is 0 Å². The number of ketones is 1. The van der Waals surface area contributed by atoms with Crippen LogP contribution in [0.15, 0.2) is 109 Å². The topological polar surface area (TPSA) is 88.5 Å². The Bertz CT molecular complexity index is 1650. The number of likely N-dealkylation sites (N-methyl/N-ethyl adjacent to an activating group) is 1. The van der Waals surface area contributed by atoms with Crippen molar-refractivity contribution in [3.05, 3.63) is 131 Å². The zero-order valence-corrected chi connectivity index (χ0v) is 26.5. The maximum Gasteiger partial charge on any atom is 0.295 e. The Hall–Kier alpha value is -5.08. The molecule has 1 fully saturated rings. The van der Waals surface area contributed by atoms with E-state index in [1.807, 2.05) is 66.7 Å². The van der Waals surface area contributed by atoms with E-state index in [1.165, 1.54) is 0 Å². The molecule has 5 rings (SSSR count). The van der Waals surface area contributed by atoms with E-state index in [1.54, 1.807) is 48.4 Å². The van der Waals surface area contributed by atoms with Crippen molar-refractivity contribution < 1.29 is 28.9 Å². The van der Waals surface area contributed by atoms with E-state index < -0.39 is 17.7 Å². The predicted molar refractivity (Wildman–Crippen MR) is 178 cm³/mol. The number of hydrogen-bond donors (Lipinski definition) is 1. The smallest absolute Gasteiger partial charge is 0.295 e. The first-order valence-electron chi connectivity index (χ1n) is 15.6. The average molecular weight is 621 g/mol. The maximum absolute atomic E-state index is 13.6. The third-order valence-electron chi connectivity index (χ3n) is 8.21. The van der Waals surface area contributed by atoms with Gasteiger partial charge in [-0.15, -0.1) is 0 Å². The highest BCUT2D eigenvalue weighted by Crippen LogP contribution is 2.42. The number of amides is 1. The van der Waals surface area contributed by atoms with Crippen LogP contribution in [-0.4, -0.2) is 59.9 Å². The monoisotopic (exact) mass is 620 g/mol. The van der Waals surface area contributed by atoms with E-state index in [9.17, 15) is 14.7 Å². The zero-order valence-electron chi connectivity index (χ0n) is 26.5. The molecule has 4 aromatic carbocycles. The number of hydrogen-bond acceptors (Lipinski definition) is 7. The Balaban J connectivity index is 1.47. The summed E-state index contributed by atoms with van der Waals surface area (Å²) in [6.07, 6.45) is 0. The van der Waals surface area contributed by atoms with E-state index in [4.69, 9.17) is 14.2 Å². The van der Waals surface area contributed by atoms with Crippen molar-refractivity contribution in [2.75, 3.05) is 33.3 Å². The van der Waals surface area contributed by atoms with Crippen LogP contribution in [0.5, 0.6) is 17.2 Å². The molecular formula is C38H40N2O6. The molecule has 1 aliphatic heterocycles. The number of ether oxygens (including phenoxy) is 3. The Morgan fingerprint density at radius 2 is 1.39 bits per heavy atom. The van der Waals surface area contributed by atoms with Gasteiger partial charge in [0.15, 0.2) is 11.5 Å². The van der Waals surface area contributed by atoms with Crippen LogP contribution in [-0.2, 0) is 22.8 Å². The molecule has 0 aliphatic carbocycles. The van der Waals surface area contributed by atoms with Gasteiger partial charge in [-0.25, -0.2) is 0 Å². The van der Waals surface area contributed by atoms with Crippen molar-refractivity contribution in [3.63, 3.8) is 0 Å². The van der Waals surface area contributed by atoms with Gasteiger partial charge in [0.05, 0.1) is 18.7 Å². The molecule has 8 heteroatoms. The summed E-state index contributed by atoms with van der Waals surface area (Å²) in [7, 11) is 1.55. The van der Waals surface area contributed by atoms with Gasteiger partial charge in [-0.2, -0.15) is 0 Å². The van der Waals surface area contributed by atoms with Crippen molar-refractivity contribution in [1.29, 1.82) is 0 Å². The van der Waals surface area contributed by atoms with Crippen LogP contribution < -0.4 is 14.2 Å². The van der Waals surface area contributed by atoms with Crippen molar-refractivity contribution >= 4 is 17.4 Å². The summed E-state index contributed by atoms with van der Waals surface area (Å²) in [4.78, 5) is 30.8. The second-order valence-electron chi connectivity index (χ2n) is 11.0. The first-order valence-corrected chi connectivity index (χ1v) is 15.6. The number of Topliss-reactive ketones (excluding diaryl/α,β-unsaturated/α-hetero) is 1. The van der Waals surface area contributed by atoms with Crippen molar-refractivity contribution in [3.8, 4) is 17.2 Å². The van der Waals surface area contributed by atoms with Crippen LogP contribution >= 0.6 is 0 Å². The molecule has 1 aliphatic rings. The molecule has 1 unspecified atom stereocenters. The molecule has 0 spiro atoms. The van der Waals surface area contributed by atoms with Gasteiger partial charge in [0.25, 0.3) is 11.7 Å². The summed E-state index contributed by atoms with van der Waals surface area (Å²) in [6, 6.07) is 31.0. The van der Waals surface area contributed by atoms with E-state index in [2.05, 4.69) is 18.7 Å². The van der Waals surface area contributed by atoms with Crippen LogP contribution in [0.25, 0.3) is 5.76 Å². The highest BCUT2D eigenvalue weighted by atomic mass is 16.5. The molecular weight excluding hydrogens is 580 g/mol. The van der Waals surface area contributed by atoms with Crippen LogP contribution in [0.2, 0.25) is 0 Å². The largest absolute Gasteiger partial charge is 0.507 e. The van der Waals surface area contributed by atoms with E-state index in [0.717, 1.165) is 24.2 Å². The summed E-state index contributed by atoms with van der Waals surface area (Å²) in [5.41, 5.74) is 3.11. The van der Waals surface area contributed by atoms with Gasteiger partial charge in [-0.3, -0.25) is 9.59 Å². The second kappa shape index (κ2) is 15.3. The number of aliphatic hydroxyl groups excluding tert-OH is 1. The summed E-state index contributed by atoms with van der Waals surface area (Å²) in [5, 5.41) is 11.6. The fourth-order valence-corrected chi connectivity index (χ4v) is 5.56. The van der Waals surface area contributed by atoms with Crippen LogP contribution in [0.1, 0.15) is 42.1 Å². The molecule has 46 heavy (non-hydrogen) atoms. The molecule has 8 nitrogen and oxygen atoms in total. The maximum atomic E-state index is 13.6. The Morgan fingerprint density at radius 1 is 0.783 bits per heavy atom. The summed E-state index contributed by atoms with van der Waals surface area (Å²) in [6.45, 7) is 7.38. The highest BCUT2D eigenvalue weighted by Gasteiger charge is 2.46. The number of aliphatic hydroxyl groups is 1. The molecule has 1 heterocycles. The van der Waals surface area contributed by atoms with Gasteiger partial charge in [0, 0.05) is 18.7 Å². The number of benzene rings is 4. The van der Waals surface area contributed by atoms with Gasteiger partial charge in [-0.05, 0) is 66.2 Å². The molecule has 0 bridgehead atoms. The predicted octanol–water partition coefficient (Wildman–Crippen LogP) is 6.62. The highest BCUT2D eigenvalue weighted by molar-refractivity contribution is 6.46. The molecule has 0 aromatic heterocycles. The number of methoxy groups -OCH3 is 1. The Kier molecular flexibility index (Phi) is 10.7. The van der Waals surface area contributed by atoms with Gasteiger partial charge < -0.3 is 29.1 Å². The van der Waals surface area contributed by atoms with Crippen molar-refractivity contribution in [1.82, 2.24) is 9.80 Å². The third-order valence-corrected chi connectivity index (χ3v) is 8.21. The first-order chi connectivity index (χ1) is 22.4. The van der Waals surface area contributed by atoms with Gasteiger partial charge in [0.2, 0.25) is 0 Å². The van der Waals surface area contributed by atoms with Crippen LogP contribution in [0.4, 0.5) is 0 Å². The minimum atomic E-state index is -0.818. The summed E-state index contributed by atoms with van der Waals surface area (Å²) < 4.78 is 17.7. The first kappa shape index (κ1) is 32.3. The van der Waals surface area contributed by atoms with E-state index in [0.29, 0.717) is 54.7 Å². The molecule has 1 atom stereocenters. The quantitative estimate of drug-likeness (QED) is 0.0964. The van der Waals surface area contributed by atoms with Crippen LogP contribution in [0.3, 0.4) is 0 Å². The normalized spacial score (nSPS) is 15.7. The SMILES string of the molecule is CCN(CC)CCN1C(=O)C(=O)C(=C(O)c2ccc(OCc3ccccc3)cc2)C1c1ccc(OCc2ccccc2)c(OC)c1. The van der Waals surface area contributed by atoms with Gasteiger partial charge >= 0.3 is 0 Å². The number of rotatable bonds is 14. The number of carbonyl (C=O) groups is 2. The second-order valence-corrected chi connectivity index (χ2v) is 11.0. The molecule has 1 saturated heterocycles. The minimum Gasteiger partial charge on any atom is -0.507 e. The molecule has 1 amide bonds. The fourth-order valence-electron chi connectivity index (χ4n) is 5.56. The lowest BCUT2D eigenvalue weighted by atomic mass is 9.95. The lowest BCUT2D eigenvalue weighted by Crippen LogP contribution is -2.38. The fraction of sp³-hybridized carbons (Fsp3) is 0.263. The van der Waals surface area contributed by atoms with Gasteiger partial charge in [-0.1, -0.05) is 80.6 Å². The van der Waals surface area contributed by atoms with E-state index >= 15 is 0 Å². The molecule has 1 N–H and O–H groups in total.